The van der Waals surface area contributed by atoms with Crippen molar-refractivity contribution >= 4 is 11.5 Å². The second-order valence-corrected chi connectivity index (χ2v) is 2.90. The monoisotopic (exact) mass is 178 g/mol. The minimum absolute atomic E-state index is 0.223. The molecule has 1 rings (SSSR count). The molecular weight excluding hydrogens is 164 g/mol. The molecule has 13 heavy (non-hydrogen) atoms. The molecule has 1 heterocycles. The van der Waals surface area contributed by atoms with Crippen LogP contribution in [0.3, 0.4) is 0 Å². The SMILES string of the molecule is CN(CCC(=N)N)c1ccncc1. The number of nitrogens with zero attached hydrogens (tertiary/aromatic N) is 2. The van der Waals surface area contributed by atoms with E-state index in [1.54, 1.807) is 12.4 Å². The Morgan fingerprint density at radius 2 is 2.15 bits per heavy atom. The third kappa shape index (κ3) is 3.11. The normalized spacial score (nSPS) is 9.62. The highest BCUT2D eigenvalue weighted by atomic mass is 15.1. The van der Waals surface area contributed by atoms with Crippen molar-refractivity contribution in [1.82, 2.24) is 4.98 Å². The lowest BCUT2D eigenvalue weighted by atomic mass is 10.3. The highest BCUT2D eigenvalue weighted by Crippen LogP contribution is 2.09. The zero-order valence-electron chi connectivity index (χ0n) is 7.70. The van der Waals surface area contributed by atoms with Crippen molar-refractivity contribution in [3.63, 3.8) is 0 Å². The molecule has 0 bridgehead atoms. The molecule has 0 aromatic carbocycles. The lowest BCUT2D eigenvalue weighted by Crippen LogP contribution is -2.23. The number of pyridine rings is 1. The van der Waals surface area contributed by atoms with Crippen LogP contribution >= 0.6 is 0 Å². The quantitative estimate of drug-likeness (QED) is 0.530. The van der Waals surface area contributed by atoms with E-state index in [1.807, 2.05) is 24.1 Å². The van der Waals surface area contributed by atoms with Gasteiger partial charge in [0.25, 0.3) is 0 Å². The lowest BCUT2D eigenvalue weighted by molar-refractivity contribution is 0.909. The van der Waals surface area contributed by atoms with Gasteiger partial charge in [-0.15, -0.1) is 0 Å². The fourth-order valence-corrected chi connectivity index (χ4v) is 1.02. The summed E-state index contributed by atoms with van der Waals surface area (Å²) >= 11 is 0. The Morgan fingerprint density at radius 1 is 1.54 bits per heavy atom. The van der Waals surface area contributed by atoms with Crippen LogP contribution in [0.1, 0.15) is 6.42 Å². The van der Waals surface area contributed by atoms with Crippen molar-refractivity contribution in [2.75, 3.05) is 18.5 Å². The Labute approximate surface area is 77.9 Å². The summed E-state index contributed by atoms with van der Waals surface area (Å²) in [6.45, 7) is 0.763. The van der Waals surface area contributed by atoms with Crippen LogP contribution in [0.2, 0.25) is 0 Å². The molecule has 4 nitrogen and oxygen atoms in total. The summed E-state index contributed by atoms with van der Waals surface area (Å²) in [5.41, 5.74) is 6.36. The molecule has 1 aromatic rings. The predicted octanol–water partition coefficient (Wildman–Crippen LogP) is 0.844. The number of rotatable bonds is 4. The van der Waals surface area contributed by atoms with Gasteiger partial charge in [0, 0.05) is 38.1 Å². The maximum Gasteiger partial charge on any atom is 0.0923 e. The zero-order chi connectivity index (χ0) is 9.68. The number of amidine groups is 1. The standard InChI is InChI=1S/C9H14N4/c1-13(7-4-9(10)11)8-2-5-12-6-3-8/h2-3,5-6H,4,7H2,1H3,(H3,10,11). The van der Waals surface area contributed by atoms with Gasteiger partial charge < -0.3 is 10.6 Å². The van der Waals surface area contributed by atoms with Gasteiger partial charge in [0.15, 0.2) is 0 Å². The van der Waals surface area contributed by atoms with E-state index in [4.69, 9.17) is 11.1 Å². The first kappa shape index (κ1) is 9.51. The third-order valence-corrected chi connectivity index (χ3v) is 1.82. The number of anilines is 1. The summed E-state index contributed by atoms with van der Waals surface area (Å²) in [7, 11) is 1.97. The molecule has 0 spiro atoms. The van der Waals surface area contributed by atoms with Crippen LogP contribution in [0.25, 0.3) is 0 Å². The molecule has 1 aromatic heterocycles. The van der Waals surface area contributed by atoms with Crippen molar-refractivity contribution in [1.29, 1.82) is 5.41 Å². The molecule has 0 aliphatic heterocycles. The smallest absolute Gasteiger partial charge is 0.0923 e. The van der Waals surface area contributed by atoms with E-state index in [0.717, 1.165) is 12.2 Å². The summed E-state index contributed by atoms with van der Waals surface area (Å²) in [4.78, 5) is 5.97. The molecular formula is C9H14N4. The van der Waals surface area contributed by atoms with Crippen LogP contribution in [-0.4, -0.2) is 24.4 Å². The van der Waals surface area contributed by atoms with Crippen molar-refractivity contribution in [2.45, 2.75) is 6.42 Å². The predicted molar refractivity (Wildman–Crippen MR) is 54.0 cm³/mol. The number of aromatic nitrogens is 1. The second kappa shape index (κ2) is 4.45. The van der Waals surface area contributed by atoms with E-state index in [9.17, 15) is 0 Å². The zero-order valence-corrected chi connectivity index (χ0v) is 7.70. The van der Waals surface area contributed by atoms with Gasteiger partial charge in [-0.2, -0.15) is 0 Å². The molecule has 0 fully saturated rings. The fraction of sp³-hybridized carbons (Fsp3) is 0.333. The number of hydrogen-bond donors (Lipinski definition) is 2. The lowest BCUT2D eigenvalue weighted by Gasteiger charge is -2.18. The Morgan fingerprint density at radius 3 is 2.69 bits per heavy atom. The van der Waals surface area contributed by atoms with Gasteiger partial charge in [-0.05, 0) is 12.1 Å². The van der Waals surface area contributed by atoms with Gasteiger partial charge in [-0.3, -0.25) is 10.4 Å². The molecule has 0 atom stereocenters. The fourth-order valence-electron chi connectivity index (χ4n) is 1.02. The number of nitrogens with two attached hydrogens (primary N) is 1. The molecule has 0 radical (unpaired) electrons. The van der Waals surface area contributed by atoms with Crippen LogP contribution < -0.4 is 10.6 Å². The Kier molecular flexibility index (Phi) is 3.25. The average Bonchev–Trinajstić information content (AvgIpc) is 2.15. The van der Waals surface area contributed by atoms with Crippen molar-refractivity contribution in [2.24, 2.45) is 5.73 Å². The van der Waals surface area contributed by atoms with Crippen molar-refractivity contribution < 1.29 is 0 Å². The van der Waals surface area contributed by atoms with Crippen LogP contribution in [0.15, 0.2) is 24.5 Å². The van der Waals surface area contributed by atoms with Gasteiger partial charge in [0.2, 0.25) is 0 Å². The molecule has 0 unspecified atom stereocenters. The van der Waals surface area contributed by atoms with Crippen LogP contribution in [0.5, 0.6) is 0 Å². The minimum Gasteiger partial charge on any atom is -0.388 e. The largest absolute Gasteiger partial charge is 0.388 e. The van der Waals surface area contributed by atoms with E-state index in [2.05, 4.69) is 4.98 Å². The first-order valence-corrected chi connectivity index (χ1v) is 4.14. The molecule has 0 saturated heterocycles. The first-order chi connectivity index (χ1) is 6.20. The highest BCUT2D eigenvalue weighted by Gasteiger charge is 1.99. The topological polar surface area (TPSA) is 66.0 Å². The molecule has 0 amide bonds. The molecule has 0 saturated carbocycles. The van der Waals surface area contributed by atoms with E-state index in [1.165, 1.54) is 0 Å². The van der Waals surface area contributed by atoms with E-state index >= 15 is 0 Å². The molecule has 4 heteroatoms. The van der Waals surface area contributed by atoms with E-state index in [-0.39, 0.29) is 5.84 Å². The minimum atomic E-state index is 0.223. The molecule has 3 N–H and O–H groups in total. The number of hydrogen-bond acceptors (Lipinski definition) is 3. The Bertz CT molecular complexity index is 270. The van der Waals surface area contributed by atoms with Crippen LogP contribution in [-0.2, 0) is 0 Å². The van der Waals surface area contributed by atoms with E-state index in [0.29, 0.717) is 6.42 Å². The molecule has 70 valence electrons. The average molecular weight is 178 g/mol. The van der Waals surface area contributed by atoms with Crippen LogP contribution in [0.4, 0.5) is 5.69 Å². The van der Waals surface area contributed by atoms with Gasteiger partial charge in [-0.25, -0.2) is 0 Å². The highest BCUT2D eigenvalue weighted by molar-refractivity contribution is 5.77. The number of nitrogens with one attached hydrogen (secondary N) is 1. The summed E-state index contributed by atoms with van der Waals surface area (Å²) in [6.07, 6.45) is 4.10. The second-order valence-electron chi connectivity index (χ2n) is 2.90. The summed E-state index contributed by atoms with van der Waals surface area (Å²) in [5, 5.41) is 7.09. The maximum absolute atomic E-state index is 7.09. The van der Waals surface area contributed by atoms with E-state index < -0.39 is 0 Å². The Balaban J connectivity index is 2.49. The third-order valence-electron chi connectivity index (χ3n) is 1.82. The van der Waals surface area contributed by atoms with Crippen molar-refractivity contribution in [3.05, 3.63) is 24.5 Å². The molecule has 0 aliphatic carbocycles. The van der Waals surface area contributed by atoms with Gasteiger partial charge in [0.1, 0.15) is 0 Å². The summed E-state index contributed by atoms with van der Waals surface area (Å²) in [5.74, 6) is 0.223. The summed E-state index contributed by atoms with van der Waals surface area (Å²) in [6, 6.07) is 3.86. The molecule has 0 aliphatic rings. The van der Waals surface area contributed by atoms with Gasteiger partial charge in [-0.1, -0.05) is 0 Å². The van der Waals surface area contributed by atoms with Gasteiger partial charge >= 0.3 is 0 Å². The van der Waals surface area contributed by atoms with Gasteiger partial charge in [0.05, 0.1) is 5.84 Å². The maximum atomic E-state index is 7.09. The first-order valence-electron chi connectivity index (χ1n) is 4.14. The van der Waals surface area contributed by atoms with Crippen LogP contribution in [0, 0.1) is 5.41 Å². The Hall–Kier alpha value is -1.58. The van der Waals surface area contributed by atoms with Crippen molar-refractivity contribution in [3.8, 4) is 0 Å². The summed E-state index contributed by atoms with van der Waals surface area (Å²) < 4.78 is 0.